The normalized spacial score (nSPS) is 11.1. The summed E-state index contributed by atoms with van der Waals surface area (Å²) in [7, 11) is 4.23. The first-order chi connectivity index (χ1) is 15.7. The van der Waals surface area contributed by atoms with Gasteiger partial charge in [0.25, 0.3) is 5.69 Å². The molecule has 0 spiro atoms. The highest BCUT2D eigenvalue weighted by molar-refractivity contribution is 5.76. The van der Waals surface area contributed by atoms with Gasteiger partial charge in [0.1, 0.15) is 0 Å². The predicted octanol–water partition coefficient (Wildman–Crippen LogP) is 7.48. The molecule has 0 atom stereocenters. The Morgan fingerprint density at radius 3 is 1.75 bits per heavy atom. The molecule has 0 bridgehead atoms. The molecule has 172 valence electrons. The number of hydrogen-bond donors (Lipinski definition) is 0. The molecule has 0 fully saturated rings. The third kappa shape index (κ3) is 6.48. The molecule has 0 aliphatic carbocycles. The summed E-state index contributed by atoms with van der Waals surface area (Å²) in [6.07, 6.45) is 13.4. The summed E-state index contributed by atoms with van der Waals surface area (Å²) >= 11 is 0. The van der Waals surface area contributed by atoms with Crippen molar-refractivity contribution in [3.8, 4) is 28.3 Å². The number of hydrogen-bond acceptors (Lipinski definition) is 1. The van der Waals surface area contributed by atoms with Gasteiger partial charge in [0, 0.05) is 5.56 Å². The van der Waals surface area contributed by atoms with Crippen LogP contribution in [0.5, 0.6) is 5.75 Å². The zero-order valence-corrected chi connectivity index (χ0v) is 20.4. The Hall–Kier alpha value is -2.55. The zero-order chi connectivity index (χ0) is 22.6. The van der Waals surface area contributed by atoms with Crippen molar-refractivity contribution in [1.29, 1.82) is 0 Å². The van der Waals surface area contributed by atoms with Gasteiger partial charge in [0.15, 0.2) is 12.7 Å². The van der Waals surface area contributed by atoms with E-state index in [0.29, 0.717) is 0 Å². The number of ether oxygens (including phenoxy) is 1. The summed E-state index contributed by atoms with van der Waals surface area (Å²) in [5.74, 6) is 0.989. The molecule has 0 N–H and O–H groups in total. The van der Waals surface area contributed by atoms with Crippen LogP contribution in [0.3, 0.4) is 0 Å². The Morgan fingerprint density at radius 2 is 1.19 bits per heavy atom. The van der Waals surface area contributed by atoms with Crippen LogP contribution in [0.4, 0.5) is 0 Å². The van der Waals surface area contributed by atoms with E-state index >= 15 is 0 Å². The van der Waals surface area contributed by atoms with Gasteiger partial charge < -0.3 is 4.74 Å². The van der Waals surface area contributed by atoms with Crippen molar-refractivity contribution < 1.29 is 9.42 Å². The summed E-state index contributed by atoms with van der Waals surface area (Å²) in [6, 6.07) is 21.2. The van der Waals surface area contributed by atoms with Crippen LogP contribution in [0.25, 0.3) is 22.5 Å². The molecule has 3 rings (SSSR count). The van der Waals surface area contributed by atoms with E-state index in [1.807, 2.05) is 0 Å². The number of unbranched alkanes of at least 4 members (excludes halogenated alkanes) is 9. The van der Waals surface area contributed by atoms with Crippen LogP contribution >= 0.6 is 0 Å². The molecule has 0 radical (unpaired) electrons. The molecule has 3 aromatic rings. The minimum atomic E-state index is 0.764. The second-order valence-corrected chi connectivity index (χ2v) is 8.84. The molecule has 3 heteroatoms. The van der Waals surface area contributed by atoms with Crippen LogP contribution in [0.1, 0.15) is 71.1 Å². The largest absolute Gasteiger partial charge is 0.485 e. The topological polar surface area (TPSA) is 18.0 Å². The number of nitrogens with zero attached hydrogens (tertiary/aromatic N) is 2. The Morgan fingerprint density at radius 1 is 0.688 bits per heavy atom. The first-order valence-electron chi connectivity index (χ1n) is 12.6. The van der Waals surface area contributed by atoms with Crippen molar-refractivity contribution in [3.63, 3.8) is 0 Å². The third-order valence-electron chi connectivity index (χ3n) is 6.37. The fourth-order valence-electron chi connectivity index (χ4n) is 4.43. The molecular formula is C29H41N2O+. The first kappa shape index (κ1) is 24.1. The SMILES string of the molecule is CCCCCCCCCCCCOc1c(-c2ccccc2)n(C)[n+](C)c1-c1ccccc1. The molecule has 1 heterocycles. The second-order valence-electron chi connectivity index (χ2n) is 8.84. The molecule has 0 unspecified atom stereocenters. The summed E-state index contributed by atoms with van der Waals surface area (Å²) in [4.78, 5) is 0. The average molecular weight is 434 g/mol. The highest BCUT2D eigenvalue weighted by Gasteiger charge is 2.29. The molecule has 0 saturated carbocycles. The highest BCUT2D eigenvalue weighted by Crippen LogP contribution is 2.37. The van der Waals surface area contributed by atoms with Crippen molar-refractivity contribution in [2.45, 2.75) is 71.1 Å². The minimum Gasteiger partial charge on any atom is -0.485 e. The van der Waals surface area contributed by atoms with E-state index in [-0.39, 0.29) is 0 Å². The lowest BCUT2D eigenvalue weighted by Gasteiger charge is -2.08. The summed E-state index contributed by atoms with van der Waals surface area (Å²) in [5, 5.41) is 0. The Balaban J connectivity index is 1.62. The van der Waals surface area contributed by atoms with E-state index in [1.165, 1.54) is 68.9 Å². The van der Waals surface area contributed by atoms with Crippen molar-refractivity contribution in [1.82, 2.24) is 4.68 Å². The average Bonchev–Trinajstić information content (AvgIpc) is 3.08. The molecule has 1 aromatic heterocycles. The first-order valence-corrected chi connectivity index (χ1v) is 12.6. The maximum atomic E-state index is 6.51. The van der Waals surface area contributed by atoms with E-state index in [4.69, 9.17) is 4.74 Å². The van der Waals surface area contributed by atoms with E-state index in [1.54, 1.807) is 0 Å². The molecule has 0 aliphatic rings. The Kier molecular flexibility index (Phi) is 9.87. The van der Waals surface area contributed by atoms with Gasteiger partial charge in [-0.15, -0.1) is 4.68 Å². The van der Waals surface area contributed by atoms with Crippen molar-refractivity contribution >= 4 is 0 Å². The standard InChI is InChI=1S/C29H41N2O/c1-4-5-6-7-8-9-10-11-12-19-24-32-29-27(25-20-15-13-16-21-25)30(2)31(3)28(29)26-22-17-14-18-23-26/h13-18,20-23H,4-12,19,24H2,1-3H3/q+1. The van der Waals surface area contributed by atoms with Crippen LogP contribution in [0, 0.1) is 0 Å². The summed E-state index contributed by atoms with van der Waals surface area (Å²) in [6.45, 7) is 3.04. The lowest BCUT2D eigenvalue weighted by atomic mass is 10.1. The maximum Gasteiger partial charge on any atom is 0.280 e. The van der Waals surface area contributed by atoms with E-state index in [9.17, 15) is 0 Å². The smallest absolute Gasteiger partial charge is 0.280 e. The highest BCUT2D eigenvalue weighted by atomic mass is 16.5. The third-order valence-corrected chi connectivity index (χ3v) is 6.37. The van der Waals surface area contributed by atoms with Crippen LogP contribution < -0.4 is 9.42 Å². The van der Waals surface area contributed by atoms with Crippen molar-refractivity contribution in [2.24, 2.45) is 14.1 Å². The van der Waals surface area contributed by atoms with Crippen LogP contribution in [-0.4, -0.2) is 11.3 Å². The minimum absolute atomic E-state index is 0.764. The fourth-order valence-corrected chi connectivity index (χ4v) is 4.43. The second kappa shape index (κ2) is 13.1. The van der Waals surface area contributed by atoms with Crippen LogP contribution in [0.15, 0.2) is 60.7 Å². The van der Waals surface area contributed by atoms with E-state index in [2.05, 4.69) is 91.0 Å². The van der Waals surface area contributed by atoms with E-state index in [0.717, 1.165) is 30.2 Å². The lowest BCUT2D eigenvalue weighted by molar-refractivity contribution is -0.740. The molecule has 2 aromatic carbocycles. The van der Waals surface area contributed by atoms with Gasteiger partial charge in [-0.1, -0.05) is 113 Å². The van der Waals surface area contributed by atoms with Gasteiger partial charge >= 0.3 is 0 Å². The maximum absolute atomic E-state index is 6.51. The number of rotatable bonds is 14. The molecule has 0 amide bonds. The van der Waals surface area contributed by atoms with Crippen LogP contribution in [0.2, 0.25) is 0 Å². The Labute approximate surface area is 195 Å². The number of benzene rings is 2. The monoisotopic (exact) mass is 433 g/mol. The van der Waals surface area contributed by atoms with Gasteiger partial charge in [-0.3, -0.25) is 0 Å². The fraction of sp³-hybridized carbons (Fsp3) is 0.483. The van der Waals surface area contributed by atoms with Gasteiger partial charge in [0.05, 0.1) is 19.2 Å². The van der Waals surface area contributed by atoms with Gasteiger partial charge in [-0.25, -0.2) is 0 Å². The lowest BCUT2D eigenvalue weighted by Crippen LogP contribution is -2.39. The van der Waals surface area contributed by atoms with Crippen molar-refractivity contribution in [3.05, 3.63) is 60.7 Å². The molecular weight excluding hydrogens is 392 g/mol. The summed E-state index contributed by atoms with van der Waals surface area (Å²) < 4.78 is 10.9. The Bertz CT molecular complexity index is 852. The van der Waals surface area contributed by atoms with Crippen molar-refractivity contribution in [2.75, 3.05) is 6.61 Å². The molecule has 3 nitrogen and oxygen atoms in total. The van der Waals surface area contributed by atoms with Crippen LogP contribution in [-0.2, 0) is 14.1 Å². The zero-order valence-electron chi connectivity index (χ0n) is 20.4. The number of aromatic nitrogens is 2. The predicted molar refractivity (Wildman–Crippen MR) is 135 cm³/mol. The van der Waals surface area contributed by atoms with Gasteiger partial charge in [-0.2, -0.15) is 4.68 Å². The van der Waals surface area contributed by atoms with E-state index < -0.39 is 0 Å². The quantitative estimate of drug-likeness (QED) is 0.190. The molecule has 0 aliphatic heterocycles. The molecule has 0 saturated heterocycles. The van der Waals surface area contributed by atoms with Gasteiger partial charge in [0.2, 0.25) is 5.75 Å². The van der Waals surface area contributed by atoms with Gasteiger partial charge in [-0.05, 0) is 18.6 Å². The summed E-state index contributed by atoms with van der Waals surface area (Å²) in [5.41, 5.74) is 4.65. The molecule has 32 heavy (non-hydrogen) atoms.